The van der Waals surface area contributed by atoms with E-state index in [-0.39, 0.29) is 5.82 Å². The van der Waals surface area contributed by atoms with Crippen LogP contribution in [0.2, 0.25) is 0 Å². The number of fused-ring (bicyclic) bond motifs is 1. The normalized spacial score (nSPS) is 11.5. The molecule has 0 amide bonds. The minimum Gasteiger partial charge on any atom is -0.360 e. The summed E-state index contributed by atoms with van der Waals surface area (Å²) in [5.41, 5.74) is 1.51. The summed E-state index contributed by atoms with van der Waals surface area (Å²) in [6.07, 6.45) is 1.61. The maximum atomic E-state index is 13.1. The van der Waals surface area contributed by atoms with Crippen LogP contribution in [-0.2, 0) is 12.8 Å². The van der Waals surface area contributed by atoms with Crippen LogP contribution in [0.4, 0.5) is 9.52 Å². The molecule has 116 valence electrons. The van der Waals surface area contributed by atoms with Gasteiger partial charge in [-0.15, -0.1) is 0 Å². The second-order valence-corrected chi connectivity index (χ2v) is 6.39. The molecule has 0 radical (unpaired) electrons. The van der Waals surface area contributed by atoms with E-state index in [1.165, 1.54) is 23.7 Å². The van der Waals surface area contributed by atoms with Gasteiger partial charge in [0.05, 0.1) is 11.0 Å². The number of H-pyrrole nitrogens is 1. The molecule has 0 atom stereocenters. The molecule has 3 rings (SSSR count). The molecule has 3 aromatic rings. The van der Waals surface area contributed by atoms with E-state index in [4.69, 9.17) is 0 Å². The van der Waals surface area contributed by atoms with Crippen LogP contribution in [0.3, 0.4) is 0 Å². The van der Waals surface area contributed by atoms with Crippen LogP contribution < -0.4 is 5.32 Å². The molecule has 0 saturated heterocycles. The Bertz CT molecular complexity index is 764. The molecule has 1 aromatic carbocycles. The van der Waals surface area contributed by atoms with Crippen molar-refractivity contribution in [2.24, 2.45) is 5.92 Å². The average molecular weight is 319 g/mol. The lowest BCUT2D eigenvalue weighted by Gasteiger charge is -2.00. The third kappa shape index (κ3) is 3.59. The van der Waals surface area contributed by atoms with Gasteiger partial charge in [-0.25, -0.2) is 14.4 Å². The van der Waals surface area contributed by atoms with Crippen LogP contribution in [0.1, 0.15) is 25.5 Å². The van der Waals surface area contributed by atoms with Crippen LogP contribution in [-0.4, -0.2) is 25.9 Å². The third-order valence-electron chi connectivity index (χ3n) is 3.19. The Morgan fingerprint density at radius 1 is 1.32 bits per heavy atom. The number of hydrogen-bond donors (Lipinski definition) is 2. The lowest BCUT2D eigenvalue weighted by atomic mass is 10.1. The Morgan fingerprint density at radius 2 is 2.18 bits per heavy atom. The number of nitrogens with one attached hydrogen (secondary N) is 2. The van der Waals surface area contributed by atoms with Gasteiger partial charge in [0.25, 0.3) is 0 Å². The quantitative estimate of drug-likeness (QED) is 0.731. The minimum atomic E-state index is -0.257. The fourth-order valence-corrected chi connectivity index (χ4v) is 2.83. The lowest BCUT2D eigenvalue weighted by molar-refractivity contribution is 0.627. The number of benzene rings is 1. The summed E-state index contributed by atoms with van der Waals surface area (Å²) >= 11 is 1.38. The number of aromatic nitrogens is 4. The molecule has 0 aliphatic heterocycles. The van der Waals surface area contributed by atoms with Gasteiger partial charge in [-0.05, 0) is 24.1 Å². The summed E-state index contributed by atoms with van der Waals surface area (Å²) in [5, 5.41) is 4.08. The molecule has 0 aliphatic rings. The molecule has 0 saturated carbocycles. The molecular formula is C15H18FN5S. The monoisotopic (exact) mass is 319 g/mol. The summed E-state index contributed by atoms with van der Waals surface area (Å²) in [4.78, 5) is 12.0. The summed E-state index contributed by atoms with van der Waals surface area (Å²) in [7, 11) is 0. The molecule has 0 aliphatic carbocycles. The van der Waals surface area contributed by atoms with E-state index in [0.717, 1.165) is 40.7 Å². The number of aromatic amines is 1. The molecule has 0 unspecified atom stereocenters. The SMILES string of the molecule is CC(C)Cc1nsc(NCCc2nc3ccc(F)cc3[nH]2)n1. The topological polar surface area (TPSA) is 66.5 Å². The highest BCUT2D eigenvalue weighted by atomic mass is 32.1. The number of hydrogen-bond acceptors (Lipinski definition) is 5. The second kappa shape index (κ2) is 6.39. The van der Waals surface area contributed by atoms with Gasteiger partial charge in [-0.3, -0.25) is 0 Å². The summed E-state index contributed by atoms with van der Waals surface area (Å²) in [6, 6.07) is 4.56. The molecule has 22 heavy (non-hydrogen) atoms. The summed E-state index contributed by atoms with van der Waals surface area (Å²) in [5.74, 6) is 2.02. The van der Waals surface area contributed by atoms with Crippen LogP contribution in [0.5, 0.6) is 0 Å². The van der Waals surface area contributed by atoms with Crippen molar-refractivity contribution < 1.29 is 4.39 Å². The smallest absolute Gasteiger partial charge is 0.202 e. The number of halogens is 1. The molecule has 2 N–H and O–H groups in total. The largest absolute Gasteiger partial charge is 0.360 e. The van der Waals surface area contributed by atoms with E-state index in [1.54, 1.807) is 6.07 Å². The maximum absolute atomic E-state index is 13.1. The van der Waals surface area contributed by atoms with Crippen molar-refractivity contribution >= 4 is 27.7 Å². The Kier molecular flexibility index (Phi) is 4.33. The summed E-state index contributed by atoms with van der Waals surface area (Å²) in [6.45, 7) is 5.01. The Balaban J connectivity index is 1.56. The van der Waals surface area contributed by atoms with Crippen molar-refractivity contribution in [1.29, 1.82) is 0 Å². The first kappa shape index (κ1) is 14.9. The van der Waals surface area contributed by atoms with Crippen LogP contribution in [0.25, 0.3) is 11.0 Å². The van der Waals surface area contributed by atoms with Crippen molar-refractivity contribution in [3.05, 3.63) is 35.7 Å². The van der Waals surface area contributed by atoms with E-state index in [9.17, 15) is 4.39 Å². The first-order valence-corrected chi connectivity index (χ1v) is 8.08. The van der Waals surface area contributed by atoms with Crippen LogP contribution in [0.15, 0.2) is 18.2 Å². The first-order valence-electron chi connectivity index (χ1n) is 7.31. The number of anilines is 1. The van der Waals surface area contributed by atoms with E-state index in [2.05, 4.69) is 38.5 Å². The van der Waals surface area contributed by atoms with E-state index >= 15 is 0 Å². The van der Waals surface area contributed by atoms with Crippen molar-refractivity contribution in [1.82, 2.24) is 19.3 Å². The summed E-state index contributed by atoms with van der Waals surface area (Å²) < 4.78 is 17.5. The highest BCUT2D eigenvalue weighted by Gasteiger charge is 2.07. The van der Waals surface area contributed by atoms with Gasteiger partial charge in [-0.2, -0.15) is 4.37 Å². The molecule has 0 spiro atoms. The second-order valence-electron chi connectivity index (χ2n) is 5.64. The third-order valence-corrected chi connectivity index (χ3v) is 3.90. The van der Waals surface area contributed by atoms with Gasteiger partial charge in [-0.1, -0.05) is 13.8 Å². The predicted molar refractivity (Wildman–Crippen MR) is 86.7 cm³/mol. The first-order chi connectivity index (χ1) is 10.6. The zero-order chi connectivity index (χ0) is 15.5. The highest BCUT2D eigenvalue weighted by molar-refractivity contribution is 7.09. The zero-order valence-corrected chi connectivity index (χ0v) is 13.4. The van der Waals surface area contributed by atoms with E-state index < -0.39 is 0 Å². The molecule has 5 nitrogen and oxygen atoms in total. The fourth-order valence-electron chi connectivity index (χ4n) is 2.21. The minimum absolute atomic E-state index is 0.257. The van der Waals surface area contributed by atoms with Gasteiger partial charge >= 0.3 is 0 Å². The fraction of sp³-hybridized carbons (Fsp3) is 0.400. The van der Waals surface area contributed by atoms with Crippen LogP contribution in [0, 0.1) is 11.7 Å². The average Bonchev–Trinajstić information content (AvgIpc) is 3.04. The van der Waals surface area contributed by atoms with Gasteiger partial charge in [0.15, 0.2) is 0 Å². The maximum Gasteiger partial charge on any atom is 0.202 e. The highest BCUT2D eigenvalue weighted by Crippen LogP contribution is 2.15. The molecule has 2 heterocycles. The predicted octanol–water partition coefficient (Wildman–Crippen LogP) is 3.41. The van der Waals surface area contributed by atoms with Gasteiger partial charge in [0.1, 0.15) is 17.5 Å². The standard InChI is InChI=1S/C15H18FN5S/c1-9(2)7-14-20-15(22-21-14)17-6-5-13-18-11-4-3-10(16)8-12(11)19-13/h3-4,8-9H,5-7H2,1-2H3,(H,18,19)(H,17,20,21). The molecule has 2 aromatic heterocycles. The van der Waals surface area contributed by atoms with E-state index in [0.29, 0.717) is 12.5 Å². The Labute approximate surface area is 132 Å². The number of nitrogens with zero attached hydrogens (tertiary/aromatic N) is 3. The van der Waals surface area contributed by atoms with Crippen molar-refractivity contribution in [3.8, 4) is 0 Å². The van der Waals surface area contributed by atoms with Crippen molar-refractivity contribution in [3.63, 3.8) is 0 Å². The Hall–Kier alpha value is -2.02. The number of rotatable bonds is 6. The molecular weight excluding hydrogens is 301 g/mol. The van der Waals surface area contributed by atoms with Crippen molar-refractivity contribution in [2.45, 2.75) is 26.7 Å². The van der Waals surface area contributed by atoms with Gasteiger partial charge in [0.2, 0.25) is 5.13 Å². The molecule has 0 bridgehead atoms. The zero-order valence-electron chi connectivity index (χ0n) is 12.6. The molecule has 0 fully saturated rings. The van der Waals surface area contributed by atoms with Gasteiger partial charge in [0, 0.05) is 30.9 Å². The Morgan fingerprint density at radius 3 is 3.00 bits per heavy atom. The lowest BCUT2D eigenvalue weighted by Crippen LogP contribution is -2.06. The number of imidazole rings is 1. The van der Waals surface area contributed by atoms with Crippen molar-refractivity contribution in [2.75, 3.05) is 11.9 Å². The molecule has 7 heteroatoms. The van der Waals surface area contributed by atoms with Crippen LogP contribution >= 0.6 is 11.5 Å². The van der Waals surface area contributed by atoms with E-state index in [1.807, 2.05) is 0 Å². The van der Waals surface area contributed by atoms with Gasteiger partial charge < -0.3 is 10.3 Å².